The van der Waals surface area contributed by atoms with Crippen LogP contribution in [-0.4, -0.2) is 49.0 Å². The first-order chi connectivity index (χ1) is 18.7. The molecule has 0 aliphatic carbocycles. The van der Waals surface area contributed by atoms with Gasteiger partial charge in [-0.2, -0.15) is 5.10 Å². The average Bonchev–Trinajstić information content (AvgIpc) is 3.23. The van der Waals surface area contributed by atoms with Gasteiger partial charge < -0.3 is 15.2 Å². The minimum Gasteiger partial charge on any atom is -0.493 e. The number of nitrogens with zero attached hydrogens (tertiary/aromatic N) is 4. The first kappa shape index (κ1) is 28.9. The van der Waals surface area contributed by atoms with E-state index in [4.69, 9.17) is 33.7 Å². The van der Waals surface area contributed by atoms with Gasteiger partial charge in [0.2, 0.25) is 0 Å². The number of hydrogen-bond donors (Lipinski definition) is 2. The molecule has 0 radical (unpaired) electrons. The number of carbonyl (C=O) groups is 2. The van der Waals surface area contributed by atoms with E-state index in [0.717, 1.165) is 6.42 Å². The number of ether oxygens (including phenoxy) is 1. The van der Waals surface area contributed by atoms with Gasteiger partial charge in [-0.15, -0.1) is 0 Å². The Morgan fingerprint density at radius 3 is 2.85 bits per heavy atom. The Hall–Kier alpha value is -3.13. The Kier molecular flexibility index (Phi) is 9.83. The minimum absolute atomic E-state index is 0.00714. The summed E-state index contributed by atoms with van der Waals surface area (Å²) in [5.41, 5.74) is 1.79. The van der Waals surface area contributed by atoms with Gasteiger partial charge in [0.05, 0.1) is 23.6 Å². The van der Waals surface area contributed by atoms with Crippen molar-refractivity contribution in [3.63, 3.8) is 0 Å². The molecule has 4 rings (SSSR count). The number of anilines is 2. The third-order valence-electron chi connectivity index (χ3n) is 5.30. The van der Waals surface area contributed by atoms with Crippen LogP contribution in [0.2, 0.25) is 5.02 Å². The summed E-state index contributed by atoms with van der Waals surface area (Å²) in [7, 11) is 0. The van der Waals surface area contributed by atoms with Crippen molar-refractivity contribution in [1.29, 1.82) is 0 Å². The standard InChI is InChI=1S/C25H23ClFN5O4S3/c1-2-6-36-21-11-20-17(23(29-13-28-20)30-15-3-4-19(27)18(26)10-15)9-14(21)8-16(33)12-32-25(37)39-24(31-32)38-7-5-22(34)35/h3-4,9-11,13H,2,5-8,12H2,1H3,(H,34,35)(H,28,29,30). The quantitative estimate of drug-likeness (QED) is 0.132. The van der Waals surface area contributed by atoms with Gasteiger partial charge in [-0.25, -0.2) is 19.0 Å². The second-order valence-electron chi connectivity index (χ2n) is 8.30. The van der Waals surface area contributed by atoms with Crippen molar-refractivity contribution in [2.24, 2.45) is 0 Å². The molecule has 0 aliphatic heterocycles. The number of carboxylic acids is 1. The molecule has 0 atom stereocenters. The summed E-state index contributed by atoms with van der Waals surface area (Å²) in [5, 5.41) is 16.9. The van der Waals surface area contributed by atoms with Crippen LogP contribution in [-0.2, 0) is 22.6 Å². The molecule has 9 nitrogen and oxygen atoms in total. The number of nitrogens with one attached hydrogen (secondary N) is 1. The van der Waals surface area contributed by atoms with Crippen molar-refractivity contribution in [2.75, 3.05) is 17.7 Å². The van der Waals surface area contributed by atoms with Gasteiger partial charge >= 0.3 is 5.97 Å². The molecule has 2 heterocycles. The van der Waals surface area contributed by atoms with Gasteiger partial charge in [0.1, 0.15) is 30.3 Å². The molecular formula is C25H23ClFN5O4S3. The number of benzene rings is 2. The molecule has 0 bridgehead atoms. The van der Waals surface area contributed by atoms with E-state index in [9.17, 15) is 14.0 Å². The van der Waals surface area contributed by atoms with Crippen LogP contribution in [0.3, 0.4) is 0 Å². The second kappa shape index (κ2) is 13.3. The molecular weight excluding hydrogens is 585 g/mol. The van der Waals surface area contributed by atoms with Crippen LogP contribution in [0.5, 0.6) is 5.75 Å². The molecule has 0 saturated heterocycles. The Bertz CT molecular complexity index is 1580. The third kappa shape index (κ3) is 7.72. The lowest BCUT2D eigenvalue weighted by molar-refractivity contribution is -0.136. The highest BCUT2D eigenvalue weighted by Gasteiger charge is 2.16. The molecule has 14 heteroatoms. The van der Waals surface area contributed by atoms with Crippen molar-refractivity contribution in [1.82, 2.24) is 19.7 Å². The molecule has 0 saturated carbocycles. The van der Waals surface area contributed by atoms with Gasteiger partial charge in [0, 0.05) is 34.9 Å². The lowest BCUT2D eigenvalue weighted by Gasteiger charge is -2.14. The topological polar surface area (TPSA) is 119 Å². The van der Waals surface area contributed by atoms with Crippen molar-refractivity contribution in [3.05, 3.63) is 57.0 Å². The van der Waals surface area contributed by atoms with Crippen LogP contribution in [0.25, 0.3) is 10.9 Å². The molecule has 0 aliphatic rings. The molecule has 2 aromatic carbocycles. The highest BCUT2D eigenvalue weighted by atomic mass is 35.5. The Balaban J connectivity index is 1.58. The maximum Gasteiger partial charge on any atom is 0.304 e. The highest BCUT2D eigenvalue weighted by molar-refractivity contribution is 8.01. The smallest absolute Gasteiger partial charge is 0.304 e. The third-order valence-corrected chi connectivity index (χ3v) is 8.04. The van der Waals surface area contributed by atoms with Crippen LogP contribution < -0.4 is 10.1 Å². The van der Waals surface area contributed by atoms with Gasteiger partial charge in [-0.1, -0.05) is 41.6 Å². The van der Waals surface area contributed by atoms with Crippen LogP contribution in [0, 0.1) is 9.77 Å². The normalized spacial score (nSPS) is 11.1. The highest BCUT2D eigenvalue weighted by Crippen LogP contribution is 2.31. The van der Waals surface area contributed by atoms with Crippen LogP contribution >= 0.6 is 46.9 Å². The minimum atomic E-state index is -0.887. The molecule has 39 heavy (non-hydrogen) atoms. The summed E-state index contributed by atoms with van der Waals surface area (Å²) in [6.45, 7) is 2.41. The Labute approximate surface area is 241 Å². The van der Waals surface area contributed by atoms with Crippen LogP contribution in [0.15, 0.2) is 41.0 Å². The summed E-state index contributed by atoms with van der Waals surface area (Å²) in [4.78, 5) is 32.6. The summed E-state index contributed by atoms with van der Waals surface area (Å²) in [6, 6.07) is 7.83. The first-order valence-corrected chi connectivity index (χ1v) is 14.4. The average molecular weight is 608 g/mol. The number of rotatable bonds is 13. The largest absolute Gasteiger partial charge is 0.493 e. The first-order valence-electron chi connectivity index (χ1n) is 11.8. The van der Waals surface area contributed by atoms with Crippen molar-refractivity contribution >= 4 is 81.1 Å². The number of thioether (sulfide) groups is 1. The SMILES string of the molecule is CCCOc1cc2ncnc(Nc3ccc(F)c(Cl)c3)c2cc1CC(=O)Cn1nc(SCCC(=O)O)sc1=S. The molecule has 0 unspecified atom stereocenters. The summed E-state index contributed by atoms with van der Waals surface area (Å²) in [6.07, 6.45) is 2.24. The number of carboxylic acid groups (broad SMARTS) is 1. The van der Waals surface area contributed by atoms with E-state index in [0.29, 0.717) is 54.4 Å². The van der Waals surface area contributed by atoms with E-state index < -0.39 is 11.8 Å². The van der Waals surface area contributed by atoms with Gasteiger partial charge in [-0.05, 0) is 42.9 Å². The molecule has 0 spiro atoms. The van der Waals surface area contributed by atoms with Gasteiger partial charge in [0.15, 0.2) is 14.1 Å². The number of Topliss-reactive ketones (excluding diaryl/α,β-unsaturated/α-hetero) is 1. The van der Waals surface area contributed by atoms with Crippen LogP contribution in [0.4, 0.5) is 15.9 Å². The fourth-order valence-electron chi connectivity index (χ4n) is 3.53. The van der Waals surface area contributed by atoms with E-state index in [1.807, 2.05) is 6.92 Å². The number of aromatic nitrogens is 4. The van der Waals surface area contributed by atoms with E-state index in [1.54, 1.807) is 18.2 Å². The zero-order chi connectivity index (χ0) is 27.9. The van der Waals surface area contributed by atoms with E-state index in [2.05, 4.69) is 20.4 Å². The Morgan fingerprint density at radius 1 is 1.28 bits per heavy atom. The number of carbonyl (C=O) groups excluding carboxylic acids is 1. The molecule has 2 N–H and O–H groups in total. The van der Waals surface area contributed by atoms with Crippen LogP contribution in [0.1, 0.15) is 25.3 Å². The molecule has 4 aromatic rings. The fourth-order valence-corrected chi connectivity index (χ4v) is 6.04. The molecule has 2 aromatic heterocycles. The zero-order valence-corrected chi connectivity index (χ0v) is 23.9. The summed E-state index contributed by atoms with van der Waals surface area (Å²) < 4.78 is 22.0. The van der Waals surface area contributed by atoms with Crippen molar-refractivity contribution < 1.29 is 23.8 Å². The van der Waals surface area contributed by atoms with Crippen molar-refractivity contribution in [3.8, 4) is 5.75 Å². The lowest BCUT2D eigenvalue weighted by atomic mass is 10.0. The molecule has 204 valence electrons. The van der Waals surface area contributed by atoms with E-state index in [1.165, 1.54) is 46.2 Å². The van der Waals surface area contributed by atoms with E-state index >= 15 is 0 Å². The zero-order valence-electron chi connectivity index (χ0n) is 20.6. The van der Waals surface area contributed by atoms with E-state index in [-0.39, 0.29) is 30.2 Å². The maximum absolute atomic E-state index is 13.6. The van der Waals surface area contributed by atoms with Gasteiger partial charge in [-0.3, -0.25) is 9.59 Å². The predicted molar refractivity (Wildman–Crippen MR) is 153 cm³/mol. The molecule has 0 amide bonds. The number of halogens is 2. The number of fused-ring (bicyclic) bond motifs is 1. The monoisotopic (exact) mass is 607 g/mol. The van der Waals surface area contributed by atoms with Gasteiger partial charge in [0.25, 0.3) is 0 Å². The number of aliphatic carboxylic acids is 1. The number of ketones is 1. The summed E-state index contributed by atoms with van der Waals surface area (Å²) in [5.74, 6) is -0.191. The van der Waals surface area contributed by atoms with Crippen molar-refractivity contribution in [2.45, 2.75) is 37.1 Å². The second-order valence-corrected chi connectivity index (χ2v) is 11.7. The predicted octanol–water partition coefficient (Wildman–Crippen LogP) is 6.32. The number of hydrogen-bond acceptors (Lipinski definition) is 10. The Morgan fingerprint density at radius 2 is 2.10 bits per heavy atom. The summed E-state index contributed by atoms with van der Waals surface area (Å²) >= 11 is 13.8. The maximum atomic E-state index is 13.6. The molecule has 0 fully saturated rings. The lowest BCUT2D eigenvalue weighted by Crippen LogP contribution is -2.15. The fraction of sp³-hybridized carbons (Fsp3) is 0.280.